The number of benzene rings is 1. The number of aliphatic hydroxyl groups is 1. The third kappa shape index (κ3) is 2.04. The zero-order valence-electron chi connectivity index (χ0n) is 9.93. The molecule has 3 rings (SSSR count). The van der Waals surface area contributed by atoms with E-state index >= 15 is 0 Å². The minimum Gasteiger partial charge on any atom is -0.385 e. The van der Waals surface area contributed by atoms with Gasteiger partial charge in [0, 0.05) is 10.5 Å². The van der Waals surface area contributed by atoms with Crippen LogP contribution in [0.15, 0.2) is 30.8 Å². The van der Waals surface area contributed by atoms with Gasteiger partial charge in [-0.3, -0.25) is 0 Å². The molecule has 1 aromatic rings. The van der Waals surface area contributed by atoms with Crippen LogP contribution in [-0.4, -0.2) is 15.6 Å². The number of fused-ring (bicyclic) bond motifs is 2. The molecule has 0 radical (unpaired) electrons. The molecular formula is C15H18OS. The summed E-state index contributed by atoms with van der Waals surface area (Å²) in [6.45, 7) is 3.76. The van der Waals surface area contributed by atoms with Gasteiger partial charge in [0.25, 0.3) is 0 Å². The summed E-state index contributed by atoms with van der Waals surface area (Å²) in [5, 5.41) is 12.2. The molecule has 2 aliphatic rings. The topological polar surface area (TPSA) is 20.2 Å². The predicted octanol–water partition coefficient (Wildman–Crippen LogP) is 3.58. The van der Waals surface area contributed by atoms with E-state index in [1.54, 1.807) is 0 Å². The Balaban J connectivity index is 1.88. The normalized spacial score (nSPS) is 35.8. The van der Waals surface area contributed by atoms with Crippen LogP contribution in [0.4, 0.5) is 0 Å². The van der Waals surface area contributed by atoms with Crippen molar-refractivity contribution in [3.05, 3.63) is 42.0 Å². The van der Waals surface area contributed by atoms with Gasteiger partial charge in [-0.25, -0.2) is 0 Å². The first-order chi connectivity index (χ1) is 8.19. The van der Waals surface area contributed by atoms with E-state index in [0.29, 0.717) is 10.5 Å². The molecule has 1 aromatic carbocycles. The second-order valence-electron chi connectivity index (χ2n) is 5.22. The molecule has 17 heavy (non-hydrogen) atoms. The Hall–Kier alpha value is -0.730. The van der Waals surface area contributed by atoms with Crippen LogP contribution in [0.3, 0.4) is 0 Å². The van der Waals surface area contributed by atoms with Gasteiger partial charge in [0.15, 0.2) is 0 Å². The van der Waals surface area contributed by atoms with E-state index in [0.717, 1.165) is 24.0 Å². The summed E-state index contributed by atoms with van der Waals surface area (Å²) in [6.07, 6.45) is 6.24. The van der Waals surface area contributed by atoms with Crippen LogP contribution in [-0.2, 0) is 5.60 Å². The van der Waals surface area contributed by atoms with Crippen molar-refractivity contribution >= 4 is 17.8 Å². The van der Waals surface area contributed by atoms with Crippen LogP contribution in [0.1, 0.15) is 36.8 Å². The van der Waals surface area contributed by atoms with Gasteiger partial charge in [-0.2, -0.15) is 11.8 Å². The molecule has 90 valence electrons. The van der Waals surface area contributed by atoms with Gasteiger partial charge in [0.05, 0.1) is 5.60 Å². The van der Waals surface area contributed by atoms with Crippen molar-refractivity contribution in [2.24, 2.45) is 0 Å². The maximum Gasteiger partial charge on any atom is 0.0917 e. The maximum absolute atomic E-state index is 10.8. The minimum absolute atomic E-state index is 0.587. The highest BCUT2D eigenvalue weighted by atomic mass is 32.2. The number of hydrogen-bond acceptors (Lipinski definition) is 2. The summed E-state index contributed by atoms with van der Waals surface area (Å²) in [7, 11) is 0. The van der Waals surface area contributed by atoms with Crippen molar-refractivity contribution < 1.29 is 5.11 Å². The number of rotatable bonds is 2. The number of thioether (sulfide) groups is 1. The summed E-state index contributed by atoms with van der Waals surface area (Å²) >= 11 is 2.08. The number of hydrogen-bond donors (Lipinski definition) is 1. The Kier molecular flexibility index (Phi) is 2.80. The smallest absolute Gasteiger partial charge is 0.0917 e. The molecule has 1 N–H and O–H groups in total. The molecule has 2 atom stereocenters. The summed E-state index contributed by atoms with van der Waals surface area (Å²) in [6, 6.07) is 8.22. The molecule has 0 aliphatic carbocycles. The van der Waals surface area contributed by atoms with Crippen molar-refractivity contribution in [1.29, 1.82) is 0 Å². The molecule has 0 spiro atoms. The zero-order valence-corrected chi connectivity index (χ0v) is 10.7. The zero-order chi connectivity index (χ0) is 11.9. The first-order valence-electron chi connectivity index (χ1n) is 6.30. The lowest BCUT2D eigenvalue weighted by Gasteiger charge is -2.36. The van der Waals surface area contributed by atoms with Crippen LogP contribution in [0.5, 0.6) is 0 Å². The maximum atomic E-state index is 10.8. The second kappa shape index (κ2) is 4.18. The lowest BCUT2D eigenvalue weighted by molar-refractivity contribution is 0.0196. The third-order valence-electron chi connectivity index (χ3n) is 4.01. The molecule has 0 aromatic heterocycles. The van der Waals surface area contributed by atoms with Crippen molar-refractivity contribution in [1.82, 2.24) is 0 Å². The average Bonchev–Trinajstić information content (AvgIpc) is 2.69. The van der Waals surface area contributed by atoms with Gasteiger partial charge in [0.2, 0.25) is 0 Å². The van der Waals surface area contributed by atoms with E-state index in [4.69, 9.17) is 0 Å². The molecule has 2 fully saturated rings. The van der Waals surface area contributed by atoms with E-state index in [1.165, 1.54) is 12.8 Å². The Labute approximate surface area is 107 Å². The largest absolute Gasteiger partial charge is 0.385 e. The molecular weight excluding hydrogens is 228 g/mol. The van der Waals surface area contributed by atoms with Crippen LogP contribution in [0.2, 0.25) is 0 Å². The standard InChI is InChI=1S/C15H18OS/c1-2-11-3-5-12(6-4-11)15(16)9-13-7-8-14(10-15)17-13/h2-6,13-14,16H,1,7-10H2. The van der Waals surface area contributed by atoms with E-state index in [-0.39, 0.29) is 0 Å². The Morgan fingerprint density at radius 2 is 1.76 bits per heavy atom. The van der Waals surface area contributed by atoms with Crippen molar-refractivity contribution in [2.75, 3.05) is 0 Å². The lowest BCUT2D eigenvalue weighted by atomic mass is 9.85. The lowest BCUT2D eigenvalue weighted by Crippen LogP contribution is -2.34. The quantitative estimate of drug-likeness (QED) is 0.860. The Morgan fingerprint density at radius 1 is 1.18 bits per heavy atom. The molecule has 2 heteroatoms. The summed E-state index contributed by atoms with van der Waals surface area (Å²) in [5.74, 6) is 0. The summed E-state index contributed by atoms with van der Waals surface area (Å²) in [4.78, 5) is 0. The molecule has 2 bridgehead atoms. The predicted molar refractivity (Wildman–Crippen MR) is 74.1 cm³/mol. The van der Waals surface area contributed by atoms with E-state index in [9.17, 15) is 5.11 Å². The van der Waals surface area contributed by atoms with Crippen LogP contribution < -0.4 is 0 Å². The van der Waals surface area contributed by atoms with Gasteiger partial charge < -0.3 is 5.11 Å². The third-order valence-corrected chi connectivity index (χ3v) is 5.58. The first-order valence-corrected chi connectivity index (χ1v) is 7.25. The van der Waals surface area contributed by atoms with E-state index in [1.807, 2.05) is 18.2 Å². The van der Waals surface area contributed by atoms with Gasteiger partial charge in [-0.15, -0.1) is 0 Å². The fourth-order valence-electron chi connectivity index (χ4n) is 3.08. The monoisotopic (exact) mass is 246 g/mol. The molecule has 2 saturated heterocycles. The molecule has 2 unspecified atom stereocenters. The fraction of sp³-hybridized carbons (Fsp3) is 0.467. The highest BCUT2D eigenvalue weighted by molar-refractivity contribution is 8.00. The minimum atomic E-state index is -0.587. The summed E-state index contributed by atoms with van der Waals surface area (Å²) in [5.41, 5.74) is 1.61. The highest BCUT2D eigenvalue weighted by Crippen LogP contribution is 2.51. The van der Waals surface area contributed by atoms with E-state index < -0.39 is 5.60 Å². The van der Waals surface area contributed by atoms with Crippen LogP contribution in [0, 0.1) is 0 Å². The molecule has 0 amide bonds. The Bertz CT molecular complexity index is 411. The van der Waals surface area contributed by atoms with Crippen molar-refractivity contribution in [3.63, 3.8) is 0 Å². The first kappa shape index (κ1) is 11.4. The van der Waals surface area contributed by atoms with E-state index in [2.05, 4.69) is 30.5 Å². The fourth-order valence-corrected chi connectivity index (χ4v) is 4.91. The molecule has 0 saturated carbocycles. The molecule has 1 nitrogen and oxygen atoms in total. The summed E-state index contributed by atoms with van der Waals surface area (Å²) < 4.78 is 0. The van der Waals surface area contributed by atoms with Gasteiger partial charge in [-0.05, 0) is 36.8 Å². The SMILES string of the molecule is C=Cc1ccc(C2(O)CC3CCC(C2)S3)cc1. The van der Waals surface area contributed by atoms with Crippen LogP contribution in [0.25, 0.3) is 6.08 Å². The van der Waals surface area contributed by atoms with Crippen LogP contribution >= 0.6 is 11.8 Å². The van der Waals surface area contributed by atoms with Gasteiger partial charge in [0.1, 0.15) is 0 Å². The van der Waals surface area contributed by atoms with Gasteiger partial charge in [-0.1, -0.05) is 36.9 Å². The van der Waals surface area contributed by atoms with Crippen molar-refractivity contribution in [3.8, 4) is 0 Å². The second-order valence-corrected chi connectivity index (χ2v) is 6.83. The highest BCUT2D eigenvalue weighted by Gasteiger charge is 2.44. The molecule has 2 heterocycles. The molecule has 2 aliphatic heterocycles. The average molecular weight is 246 g/mol. The van der Waals surface area contributed by atoms with Gasteiger partial charge >= 0.3 is 0 Å². The van der Waals surface area contributed by atoms with Crippen molar-refractivity contribution in [2.45, 2.75) is 41.8 Å². The Morgan fingerprint density at radius 3 is 2.29 bits per heavy atom.